The number of aromatic nitrogens is 1. The topological polar surface area (TPSA) is 48.1 Å². The van der Waals surface area contributed by atoms with Crippen LogP contribution in [0.2, 0.25) is 0 Å². The van der Waals surface area contributed by atoms with Gasteiger partial charge in [-0.15, -0.1) is 0 Å². The number of nitrogens with two attached hydrogens (primary N) is 1. The molecule has 1 aromatic heterocycles. The van der Waals surface area contributed by atoms with Crippen LogP contribution in [0.4, 0.5) is 19.0 Å². The Labute approximate surface area is 114 Å². The highest BCUT2D eigenvalue weighted by atomic mass is 19.4. The molecule has 1 heterocycles. The largest absolute Gasteiger partial charge is 0.439 e. The van der Waals surface area contributed by atoms with Gasteiger partial charge in [-0.2, -0.15) is 18.2 Å². The smallest absolute Gasteiger partial charge is 0.416 e. The number of nitrogens with zero attached hydrogens (tertiary/aromatic N) is 1. The quantitative estimate of drug-likeness (QED) is 0.902. The van der Waals surface area contributed by atoms with Gasteiger partial charge in [0.05, 0.1) is 5.56 Å². The Hall–Kier alpha value is -2.24. The summed E-state index contributed by atoms with van der Waals surface area (Å²) < 4.78 is 43.4. The molecule has 0 atom stereocenters. The van der Waals surface area contributed by atoms with Crippen LogP contribution in [0.3, 0.4) is 0 Å². The fourth-order valence-electron chi connectivity index (χ4n) is 1.85. The Bertz CT molecular complexity index is 619. The molecular formula is C14H13F3N2O. The van der Waals surface area contributed by atoms with Crippen molar-refractivity contribution in [1.82, 2.24) is 4.98 Å². The first-order chi connectivity index (χ1) is 9.24. The minimum atomic E-state index is -4.49. The monoisotopic (exact) mass is 282 g/mol. The fraction of sp³-hybridized carbons (Fsp3) is 0.214. The molecule has 2 aromatic rings. The highest BCUT2D eigenvalue weighted by Gasteiger charge is 2.31. The zero-order valence-corrected chi connectivity index (χ0v) is 11.0. The average molecular weight is 282 g/mol. The second kappa shape index (κ2) is 5.03. The molecule has 2 N–H and O–H groups in total. The van der Waals surface area contributed by atoms with Crippen molar-refractivity contribution in [3.8, 4) is 11.6 Å². The van der Waals surface area contributed by atoms with Gasteiger partial charge in [-0.1, -0.05) is 6.07 Å². The Morgan fingerprint density at radius 2 is 1.60 bits per heavy atom. The van der Waals surface area contributed by atoms with Crippen molar-refractivity contribution in [3.63, 3.8) is 0 Å². The van der Waals surface area contributed by atoms with E-state index in [1.807, 2.05) is 19.9 Å². The number of halogens is 3. The number of pyridine rings is 1. The average Bonchev–Trinajstić information content (AvgIpc) is 2.25. The van der Waals surface area contributed by atoms with E-state index in [-0.39, 0.29) is 11.7 Å². The molecule has 1 aromatic carbocycles. The molecular weight excluding hydrogens is 269 g/mol. The summed E-state index contributed by atoms with van der Waals surface area (Å²) in [6.07, 6.45) is -4.49. The van der Waals surface area contributed by atoms with Crippen molar-refractivity contribution in [3.05, 3.63) is 47.0 Å². The third-order valence-corrected chi connectivity index (χ3v) is 2.57. The number of hydrogen-bond acceptors (Lipinski definition) is 3. The molecule has 0 radical (unpaired) electrons. The maximum Gasteiger partial charge on any atom is 0.416 e. The van der Waals surface area contributed by atoms with Gasteiger partial charge in [0.1, 0.15) is 11.6 Å². The summed E-state index contributed by atoms with van der Waals surface area (Å²) in [5, 5.41) is 0. The van der Waals surface area contributed by atoms with Crippen molar-refractivity contribution in [1.29, 1.82) is 0 Å². The number of ether oxygens (including phenoxy) is 1. The summed E-state index contributed by atoms with van der Waals surface area (Å²) in [4.78, 5) is 3.76. The molecule has 0 saturated heterocycles. The van der Waals surface area contributed by atoms with Gasteiger partial charge in [0, 0.05) is 6.07 Å². The molecule has 0 aliphatic heterocycles. The summed E-state index contributed by atoms with van der Waals surface area (Å²) in [5.41, 5.74) is 6.38. The minimum absolute atomic E-state index is 0.178. The number of anilines is 1. The fourth-order valence-corrected chi connectivity index (χ4v) is 1.85. The van der Waals surface area contributed by atoms with Gasteiger partial charge in [-0.3, -0.25) is 0 Å². The molecule has 2 rings (SSSR count). The highest BCUT2D eigenvalue weighted by molar-refractivity contribution is 5.41. The molecule has 6 heteroatoms. The van der Waals surface area contributed by atoms with Gasteiger partial charge in [0.15, 0.2) is 0 Å². The summed E-state index contributed by atoms with van der Waals surface area (Å²) in [6, 6.07) is 6.96. The van der Waals surface area contributed by atoms with Gasteiger partial charge in [0.25, 0.3) is 0 Å². The van der Waals surface area contributed by atoms with Gasteiger partial charge in [-0.25, -0.2) is 0 Å². The summed E-state index contributed by atoms with van der Waals surface area (Å²) in [6.45, 7) is 3.74. The third kappa shape index (κ3) is 3.40. The molecule has 0 amide bonds. The molecule has 20 heavy (non-hydrogen) atoms. The molecule has 0 saturated carbocycles. The lowest BCUT2D eigenvalue weighted by Crippen LogP contribution is -2.07. The van der Waals surface area contributed by atoms with Gasteiger partial charge < -0.3 is 10.5 Å². The first kappa shape index (κ1) is 14.2. The molecule has 0 spiro atoms. The van der Waals surface area contributed by atoms with Crippen LogP contribution in [0.15, 0.2) is 30.3 Å². The molecule has 0 unspecified atom stereocenters. The SMILES string of the molecule is Cc1cc(C)cc(Oc2cc(C(F)(F)F)cc(N)n2)c1. The number of rotatable bonds is 2. The normalized spacial score (nSPS) is 11.4. The van der Waals surface area contributed by atoms with E-state index in [0.717, 1.165) is 23.3 Å². The summed E-state index contributed by atoms with van der Waals surface area (Å²) >= 11 is 0. The van der Waals surface area contributed by atoms with E-state index >= 15 is 0 Å². The Kier molecular flexibility index (Phi) is 3.57. The lowest BCUT2D eigenvalue weighted by Gasteiger charge is -2.11. The molecule has 106 valence electrons. The van der Waals surface area contributed by atoms with E-state index in [9.17, 15) is 13.2 Å². The standard InChI is InChI=1S/C14H13F3N2O/c1-8-3-9(2)5-11(4-8)20-13-7-10(14(15,16)17)6-12(18)19-13/h3-7H,1-2H3,(H2,18,19). The first-order valence-corrected chi connectivity index (χ1v) is 5.85. The lowest BCUT2D eigenvalue weighted by molar-refractivity contribution is -0.137. The number of benzene rings is 1. The van der Waals surface area contributed by atoms with Crippen molar-refractivity contribution >= 4 is 5.82 Å². The van der Waals surface area contributed by atoms with Crippen LogP contribution < -0.4 is 10.5 Å². The molecule has 0 aliphatic rings. The molecule has 0 fully saturated rings. The molecule has 0 bridgehead atoms. The van der Waals surface area contributed by atoms with Crippen molar-refractivity contribution in [2.24, 2.45) is 0 Å². The van der Waals surface area contributed by atoms with Crippen LogP contribution in [-0.2, 0) is 6.18 Å². The van der Waals surface area contributed by atoms with Crippen molar-refractivity contribution in [2.45, 2.75) is 20.0 Å². The summed E-state index contributed by atoms with van der Waals surface area (Å²) in [7, 11) is 0. The van der Waals surface area contributed by atoms with Crippen LogP contribution in [0, 0.1) is 13.8 Å². The van der Waals surface area contributed by atoms with Gasteiger partial charge >= 0.3 is 6.18 Å². The van der Waals surface area contributed by atoms with E-state index in [1.165, 1.54) is 0 Å². The van der Waals surface area contributed by atoms with Gasteiger partial charge in [0.2, 0.25) is 5.88 Å². The number of aryl methyl sites for hydroxylation is 2. The third-order valence-electron chi connectivity index (χ3n) is 2.57. The van der Waals surface area contributed by atoms with E-state index in [1.54, 1.807) is 12.1 Å². The zero-order valence-electron chi connectivity index (χ0n) is 11.0. The van der Waals surface area contributed by atoms with Crippen molar-refractivity contribution < 1.29 is 17.9 Å². The van der Waals surface area contributed by atoms with E-state index in [0.29, 0.717) is 5.75 Å². The van der Waals surface area contributed by atoms with Crippen molar-refractivity contribution in [2.75, 3.05) is 5.73 Å². The zero-order chi connectivity index (χ0) is 14.9. The number of nitrogen functional groups attached to an aromatic ring is 1. The lowest BCUT2D eigenvalue weighted by atomic mass is 10.1. The molecule has 3 nitrogen and oxygen atoms in total. The van der Waals surface area contributed by atoms with E-state index < -0.39 is 11.7 Å². The minimum Gasteiger partial charge on any atom is -0.439 e. The van der Waals surface area contributed by atoms with Crippen LogP contribution >= 0.6 is 0 Å². The second-order valence-corrected chi connectivity index (χ2v) is 4.54. The second-order valence-electron chi connectivity index (χ2n) is 4.54. The number of hydrogen-bond donors (Lipinski definition) is 1. The maximum atomic E-state index is 12.7. The van der Waals surface area contributed by atoms with Crippen LogP contribution in [-0.4, -0.2) is 4.98 Å². The Morgan fingerprint density at radius 1 is 1.00 bits per heavy atom. The summed E-state index contributed by atoms with van der Waals surface area (Å²) in [5.74, 6) is 0.00949. The first-order valence-electron chi connectivity index (χ1n) is 5.85. The Morgan fingerprint density at radius 3 is 2.15 bits per heavy atom. The predicted molar refractivity (Wildman–Crippen MR) is 69.6 cm³/mol. The van der Waals surface area contributed by atoms with Crippen LogP contribution in [0.25, 0.3) is 0 Å². The van der Waals surface area contributed by atoms with Crippen LogP contribution in [0.1, 0.15) is 16.7 Å². The highest BCUT2D eigenvalue weighted by Crippen LogP contribution is 2.33. The Balaban J connectivity index is 2.36. The van der Waals surface area contributed by atoms with E-state index in [2.05, 4.69) is 4.98 Å². The van der Waals surface area contributed by atoms with E-state index in [4.69, 9.17) is 10.5 Å². The molecule has 0 aliphatic carbocycles. The number of alkyl halides is 3. The predicted octanol–water partition coefficient (Wildman–Crippen LogP) is 4.09. The van der Waals surface area contributed by atoms with Gasteiger partial charge in [-0.05, 0) is 43.2 Å². The maximum absolute atomic E-state index is 12.7. The van der Waals surface area contributed by atoms with Crippen LogP contribution in [0.5, 0.6) is 11.6 Å².